The van der Waals surface area contributed by atoms with E-state index in [1.54, 1.807) is 12.1 Å². The lowest BCUT2D eigenvalue weighted by molar-refractivity contribution is 0.211. The first-order valence-corrected chi connectivity index (χ1v) is 6.25. The molecule has 0 aromatic heterocycles. The number of aliphatic hydroxyl groups is 1. The zero-order chi connectivity index (χ0) is 11.4. The number of hydrogen-bond donors (Lipinski definition) is 2. The molecule has 84 valence electrons. The highest BCUT2D eigenvalue weighted by Gasteiger charge is 2.07. The van der Waals surface area contributed by atoms with Crippen LogP contribution in [-0.4, -0.2) is 23.6 Å². The molecule has 1 aromatic rings. The number of benzene rings is 1. The van der Waals surface area contributed by atoms with Crippen LogP contribution >= 0.6 is 50.7 Å². The molecular formula is C9H9BrCl3NO. The van der Waals surface area contributed by atoms with Crippen LogP contribution in [0, 0.1) is 0 Å². The molecule has 0 aliphatic heterocycles. The average molecular weight is 333 g/mol. The number of halogens is 4. The van der Waals surface area contributed by atoms with E-state index in [0.29, 0.717) is 22.3 Å². The molecule has 15 heavy (non-hydrogen) atoms. The summed E-state index contributed by atoms with van der Waals surface area (Å²) in [4.78, 5) is 0. The third-order valence-corrected chi connectivity index (χ3v) is 3.58. The van der Waals surface area contributed by atoms with Crippen LogP contribution in [0.3, 0.4) is 0 Å². The summed E-state index contributed by atoms with van der Waals surface area (Å²) in [6.07, 6.45) is -0.606. The van der Waals surface area contributed by atoms with E-state index in [1.807, 2.05) is 0 Å². The highest BCUT2D eigenvalue weighted by Crippen LogP contribution is 2.32. The maximum absolute atomic E-state index is 9.25. The van der Waals surface area contributed by atoms with E-state index in [2.05, 4.69) is 21.2 Å². The quantitative estimate of drug-likeness (QED) is 0.649. The van der Waals surface area contributed by atoms with Crippen molar-refractivity contribution in [2.24, 2.45) is 0 Å². The van der Waals surface area contributed by atoms with E-state index in [4.69, 9.17) is 34.8 Å². The van der Waals surface area contributed by atoms with E-state index >= 15 is 0 Å². The van der Waals surface area contributed by atoms with E-state index in [9.17, 15) is 5.11 Å². The molecule has 0 fully saturated rings. The second-order valence-corrected chi connectivity index (χ2v) is 4.91. The number of alkyl halides is 1. The number of rotatable bonds is 4. The van der Waals surface area contributed by atoms with E-state index in [1.165, 1.54) is 0 Å². The van der Waals surface area contributed by atoms with Crippen molar-refractivity contribution in [2.75, 3.05) is 17.7 Å². The van der Waals surface area contributed by atoms with Crippen molar-refractivity contribution >= 4 is 56.4 Å². The van der Waals surface area contributed by atoms with Crippen molar-refractivity contribution in [3.8, 4) is 0 Å². The smallest absolute Gasteiger partial charge is 0.0847 e. The molecule has 0 saturated heterocycles. The molecule has 0 heterocycles. The molecule has 6 heteroatoms. The summed E-state index contributed by atoms with van der Waals surface area (Å²) < 4.78 is 0.734. The van der Waals surface area contributed by atoms with Gasteiger partial charge in [0.1, 0.15) is 0 Å². The molecule has 0 aliphatic carbocycles. The molecule has 1 rings (SSSR count). The first kappa shape index (κ1) is 13.4. The van der Waals surface area contributed by atoms with Gasteiger partial charge in [-0.15, -0.1) is 11.6 Å². The third kappa shape index (κ3) is 4.00. The van der Waals surface area contributed by atoms with Crippen LogP contribution in [0.5, 0.6) is 0 Å². The molecule has 1 unspecified atom stereocenters. The topological polar surface area (TPSA) is 32.3 Å². The van der Waals surface area contributed by atoms with Gasteiger partial charge in [-0.1, -0.05) is 23.2 Å². The van der Waals surface area contributed by atoms with E-state index in [0.717, 1.165) is 4.47 Å². The second-order valence-electron chi connectivity index (χ2n) is 2.94. The maximum atomic E-state index is 9.25. The molecule has 2 nitrogen and oxygen atoms in total. The SMILES string of the molecule is OC(CCl)CNc1cc(Cl)c(Br)cc1Cl. The predicted molar refractivity (Wildman–Crippen MR) is 69.4 cm³/mol. The van der Waals surface area contributed by atoms with Gasteiger partial charge < -0.3 is 10.4 Å². The number of hydrogen-bond acceptors (Lipinski definition) is 2. The van der Waals surface area contributed by atoms with E-state index < -0.39 is 6.10 Å². The molecule has 2 N–H and O–H groups in total. The first-order valence-electron chi connectivity index (χ1n) is 4.17. The van der Waals surface area contributed by atoms with Gasteiger partial charge in [0.25, 0.3) is 0 Å². The maximum Gasteiger partial charge on any atom is 0.0847 e. The predicted octanol–water partition coefficient (Wildman–Crippen LogP) is 3.77. The van der Waals surface area contributed by atoms with Crippen LogP contribution in [-0.2, 0) is 0 Å². The Morgan fingerprint density at radius 2 is 2.00 bits per heavy atom. The summed E-state index contributed by atoms with van der Waals surface area (Å²) >= 11 is 20.6. The summed E-state index contributed by atoms with van der Waals surface area (Å²) in [5.74, 6) is 0.175. The van der Waals surface area contributed by atoms with Gasteiger partial charge in [0.05, 0.1) is 27.7 Å². The summed E-state index contributed by atoms with van der Waals surface area (Å²) in [5, 5.41) is 13.3. The molecule has 0 bridgehead atoms. The Bertz CT molecular complexity index is 348. The largest absolute Gasteiger partial charge is 0.390 e. The summed E-state index contributed by atoms with van der Waals surface area (Å²) in [6, 6.07) is 3.38. The minimum absolute atomic E-state index is 0.175. The van der Waals surface area contributed by atoms with Gasteiger partial charge in [0.2, 0.25) is 0 Å². The van der Waals surface area contributed by atoms with Gasteiger partial charge in [-0.25, -0.2) is 0 Å². The highest BCUT2D eigenvalue weighted by molar-refractivity contribution is 9.10. The second kappa shape index (κ2) is 6.16. The Hall–Kier alpha value is 0.330. The van der Waals surface area contributed by atoms with Gasteiger partial charge in [-0.05, 0) is 28.1 Å². The minimum atomic E-state index is -0.606. The standard InChI is InChI=1S/C9H9BrCl3NO/c10-6-1-8(13)9(2-7(6)12)14-4-5(15)3-11/h1-2,5,14-15H,3-4H2. The van der Waals surface area contributed by atoms with Gasteiger partial charge >= 0.3 is 0 Å². The number of aliphatic hydroxyl groups excluding tert-OH is 1. The van der Waals surface area contributed by atoms with Gasteiger partial charge in [0.15, 0.2) is 0 Å². The molecule has 0 aliphatic rings. The van der Waals surface area contributed by atoms with E-state index in [-0.39, 0.29) is 5.88 Å². The van der Waals surface area contributed by atoms with Crippen LogP contribution in [0.4, 0.5) is 5.69 Å². The van der Waals surface area contributed by atoms with Crippen molar-refractivity contribution < 1.29 is 5.11 Å². The Kier molecular flexibility index (Phi) is 5.50. The fraction of sp³-hybridized carbons (Fsp3) is 0.333. The lowest BCUT2D eigenvalue weighted by Crippen LogP contribution is -2.20. The van der Waals surface area contributed by atoms with Gasteiger partial charge in [-0.2, -0.15) is 0 Å². The molecule has 0 saturated carbocycles. The fourth-order valence-corrected chi connectivity index (χ4v) is 1.92. The van der Waals surface area contributed by atoms with Gasteiger partial charge in [0, 0.05) is 11.0 Å². The Morgan fingerprint density at radius 3 is 2.60 bits per heavy atom. The molecule has 0 amide bonds. The Balaban J connectivity index is 2.73. The first-order chi connectivity index (χ1) is 7.04. The average Bonchev–Trinajstić information content (AvgIpc) is 2.21. The zero-order valence-corrected chi connectivity index (χ0v) is 11.5. The summed E-state index contributed by atoms with van der Waals surface area (Å²) in [6.45, 7) is 0.335. The van der Waals surface area contributed by atoms with Crippen LogP contribution in [0.1, 0.15) is 0 Å². The van der Waals surface area contributed by atoms with Crippen LogP contribution in [0.25, 0.3) is 0 Å². The van der Waals surface area contributed by atoms with Crippen LogP contribution < -0.4 is 5.32 Å². The summed E-state index contributed by atoms with van der Waals surface area (Å²) in [5.41, 5.74) is 0.675. The lowest BCUT2D eigenvalue weighted by atomic mass is 10.3. The third-order valence-electron chi connectivity index (χ3n) is 1.72. The number of anilines is 1. The molecule has 1 aromatic carbocycles. The van der Waals surface area contributed by atoms with Crippen LogP contribution in [0.15, 0.2) is 16.6 Å². The minimum Gasteiger partial charge on any atom is -0.390 e. The highest BCUT2D eigenvalue weighted by atomic mass is 79.9. The Labute approximate surface area is 112 Å². The monoisotopic (exact) mass is 331 g/mol. The van der Waals surface area contributed by atoms with Gasteiger partial charge in [-0.3, -0.25) is 0 Å². The van der Waals surface area contributed by atoms with Crippen molar-refractivity contribution in [3.05, 3.63) is 26.7 Å². The lowest BCUT2D eigenvalue weighted by Gasteiger charge is -2.12. The van der Waals surface area contributed by atoms with Crippen molar-refractivity contribution in [2.45, 2.75) is 6.10 Å². The normalized spacial score (nSPS) is 12.6. The van der Waals surface area contributed by atoms with Crippen molar-refractivity contribution in [1.82, 2.24) is 0 Å². The van der Waals surface area contributed by atoms with Crippen molar-refractivity contribution in [3.63, 3.8) is 0 Å². The Morgan fingerprint density at radius 1 is 1.33 bits per heavy atom. The zero-order valence-electron chi connectivity index (χ0n) is 7.61. The molecular weight excluding hydrogens is 324 g/mol. The molecule has 0 spiro atoms. The van der Waals surface area contributed by atoms with Crippen LogP contribution in [0.2, 0.25) is 10.0 Å². The molecule has 0 radical (unpaired) electrons. The summed E-state index contributed by atoms with van der Waals surface area (Å²) in [7, 11) is 0. The fourth-order valence-electron chi connectivity index (χ4n) is 0.940. The molecule has 1 atom stereocenters. The number of nitrogens with one attached hydrogen (secondary N) is 1. The van der Waals surface area contributed by atoms with Crippen molar-refractivity contribution in [1.29, 1.82) is 0 Å².